The highest BCUT2D eigenvalue weighted by atomic mass is 16.3. The van der Waals surface area contributed by atoms with Gasteiger partial charge in [0.25, 0.3) is 0 Å². The normalized spacial score (nSPS) is 19.9. The van der Waals surface area contributed by atoms with Gasteiger partial charge < -0.3 is 30.2 Å². The monoisotopic (exact) mass is 530 g/mol. The molecule has 1 fully saturated rings. The Labute approximate surface area is 233 Å². The zero-order chi connectivity index (χ0) is 27.6. The fraction of sp³-hybridized carbons (Fsp3) is 0.118. The fourth-order valence-electron chi connectivity index (χ4n) is 5.68. The third-order valence-corrected chi connectivity index (χ3v) is 7.54. The lowest BCUT2D eigenvalue weighted by atomic mass is 9.68. The van der Waals surface area contributed by atoms with Crippen molar-refractivity contribution in [2.75, 3.05) is 9.80 Å². The summed E-state index contributed by atoms with van der Waals surface area (Å²) in [6.45, 7) is 0. The van der Waals surface area contributed by atoms with Gasteiger partial charge in [0.05, 0.1) is 23.9 Å². The molecule has 0 bridgehead atoms. The van der Waals surface area contributed by atoms with E-state index in [2.05, 4.69) is 0 Å². The largest absolute Gasteiger partial charge is 0.507 e. The third kappa shape index (κ3) is 4.53. The minimum atomic E-state index is -1.06. The van der Waals surface area contributed by atoms with Gasteiger partial charge in [0.2, 0.25) is 0 Å². The van der Waals surface area contributed by atoms with Crippen LogP contribution in [0.1, 0.15) is 11.5 Å². The number of aliphatic hydroxyl groups is 2. The molecule has 2 atom stereocenters. The summed E-state index contributed by atoms with van der Waals surface area (Å²) in [5.41, 5.74) is 4.02. The Morgan fingerprint density at radius 1 is 0.450 bits per heavy atom. The number of hydrogen-bond acceptors (Lipinski definition) is 6. The first-order chi connectivity index (χ1) is 19.5. The molecule has 6 nitrogen and oxygen atoms in total. The van der Waals surface area contributed by atoms with E-state index in [1.807, 2.05) is 131 Å². The summed E-state index contributed by atoms with van der Waals surface area (Å²) in [4.78, 5) is 3.83. The molecule has 40 heavy (non-hydrogen) atoms. The molecule has 0 saturated heterocycles. The summed E-state index contributed by atoms with van der Waals surface area (Å²) < 4.78 is 0. The van der Waals surface area contributed by atoms with E-state index < -0.39 is 24.2 Å². The third-order valence-electron chi connectivity index (χ3n) is 7.54. The van der Waals surface area contributed by atoms with E-state index >= 15 is 0 Å². The highest BCUT2D eigenvalue weighted by Gasteiger charge is 2.54. The number of anilines is 5. The molecule has 1 saturated carbocycles. The molecule has 0 heterocycles. The summed E-state index contributed by atoms with van der Waals surface area (Å²) in [6, 6.07) is 40.9. The maximum Gasteiger partial charge on any atom is 0.125 e. The van der Waals surface area contributed by atoms with E-state index in [1.165, 1.54) is 0 Å². The summed E-state index contributed by atoms with van der Waals surface area (Å²) in [5, 5.41) is 45.3. The van der Waals surface area contributed by atoms with Gasteiger partial charge in [-0.05, 0) is 48.5 Å². The van der Waals surface area contributed by atoms with Crippen molar-refractivity contribution in [2.24, 2.45) is 0 Å². The van der Waals surface area contributed by atoms with Crippen LogP contribution in [0.5, 0.6) is 11.5 Å². The van der Waals surface area contributed by atoms with Crippen LogP contribution < -0.4 is 9.80 Å². The van der Waals surface area contributed by atoms with Crippen molar-refractivity contribution in [3.05, 3.63) is 139 Å². The number of aromatic hydroxyl groups is 2. The van der Waals surface area contributed by atoms with Crippen molar-refractivity contribution in [1.29, 1.82) is 0 Å². The van der Waals surface area contributed by atoms with Crippen LogP contribution >= 0.6 is 0 Å². The number of phenols is 2. The van der Waals surface area contributed by atoms with E-state index in [4.69, 9.17) is 0 Å². The molecule has 0 amide bonds. The minimum absolute atomic E-state index is 0.127. The van der Waals surface area contributed by atoms with E-state index in [1.54, 1.807) is 12.1 Å². The standard InChI is InChI=1S/C34H30N2O4/c37-28-21-27(35(23-13-5-1-6-14-23)24-15-7-2-8-16-24)22-29(38)30(28)31-33(39)32(34(31)40)36(25-17-9-3-10-18-25)26-19-11-4-12-20-26/h1-22,31-34,37-40H. The predicted molar refractivity (Wildman–Crippen MR) is 158 cm³/mol. The molecule has 6 heteroatoms. The number of nitrogens with zero attached hydrogens (tertiary/aromatic N) is 2. The first-order valence-electron chi connectivity index (χ1n) is 13.3. The number of phenolic OH excluding ortho intramolecular Hbond substituents is 2. The molecule has 5 aromatic rings. The van der Waals surface area contributed by atoms with Crippen molar-refractivity contribution in [3.63, 3.8) is 0 Å². The fourth-order valence-corrected chi connectivity index (χ4v) is 5.68. The Bertz CT molecular complexity index is 1450. The Hall–Kier alpha value is -4.78. The highest BCUT2D eigenvalue weighted by Crippen LogP contribution is 2.51. The van der Waals surface area contributed by atoms with E-state index in [9.17, 15) is 20.4 Å². The van der Waals surface area contributed by atoms with Crippen LogP contribution in [0.25, 0.3) is 0 Å². The lowest BCUT2D eigenvalue weighted by molar-refractivity contribution is -0.0750. The second kappa shape index (κ2) is 10.8. The van der Waals surface area contributed by atoms with E-state index in [0.29, 0.717) is 5.69 Å². The number of para-hydroxylation sites is 4. The van der Waals surface area contributed by atoms with Gasteiger partial charge in [-0.25, -0.2) is 0 Å². The summed E-state index contributed by atoms with van der Waals surface area (Å²) in [7, 11) is 0. The highest BCUT2D eigenvalue weighted by molar-refractivity contribution is 5.79. The molecule has 5 aromatic carbocycles. The molecule has 0 radical (unpaired) electrons. The van der Waals surface area contributed by atoms with E-state index in [0.717, 1.165) is 22.7 Å². The van der Waals surface area contributed by atoms with Gasteiger partial charge >= 0.3 is 0 Å². The van der Waals surface area contributed by atoms with Crippen LogP contribution in [0.3, 0.4) is 0 Å². The molecule has 0 spiro atoms. The minimum Gasteiger partial charge on any atom is -0.507 e. The summed E-state index contributed by atoms with van der Waals surface area (Å²) in [6.07, 6.45) is -2.12. The average Bonchev–Trinajstić information content (AvgIpc) is 2.99. The predicted octanol–water partition coefficient (Wildman–Crippen LogP) is 6.59. The zero-order valence-electron chi connectivity index (χ0n) is 21.7. The first-order valence-corrected chi connectivity index (χ1v) is 13.3. The van der Waals surface area contributed by atoms with Crippen LogP contribution in [0.2, 0.25) is 0 Å². The number of hydrogen-bond donors (Lipinski definition) is 4. The Morgan fingerprint density at radius 2 is 0.800 bits per heavy atom. The molecule has 1 aliphatic carbocycles. The van der Waals surface area contributed by atoms with Crippen molar-refractivity contribution in [1.82, 2.24) is 0 Å². The number of rotatable bonds is 7. The zero-order valence-corrected chi connectivity index (χ0v) is 21.7. The van der Waals surface area contributed by atoms with Crippen molar-refractivity contribution >= 4 is 28.4 Å². The Morgan fingerprint density at radius 3 is 1.18 bits per heavy atom. The van der Waals surface area contributed by atoms with Crippen molar-refractivity contribution in [3.8, 4) is 11.5 Å². The van der Waals surface area contributed by atoms with Gasteiger partial charge in [0.1, 0.15) is 11.5 Å². The Balaban J connectivity index is 1.36. The second-order valence-corrected chi connectivity index (χ2v) is 9.94. The van der Waals surface area contributed by atoms with Crippen LogP contribution in [0.15, 0.2) is 133 Å². The van der Waals surface area contributed by atoms with Gasteiger partial charge in [-0.1, -0.05) is 72.8 Å². The first kappa shape index (κ1) is 25.5. The van der Waals surface area contributed by atoms with Gasteiger partial charge in [-0.2, -0.15) is 0 Å². The second-order valence-electron chi connectivity index (χ2n) is 9.94. The van der Waals surface area contributed by atoms with Gasteiger partial charge in [0.15, 0.2) is 0 Å². The van der Waals surface area contributed by atoms with Crippen LogP contribution in [0.4, 0.5) is 28.4 Å². The lowest BCUT2D eigenvalue weighted by Gasteiger charge is -2.52. The lowest BCUT2D eigenvalue weighted by Crippen LogP contribution is -2.64. The number of aliphatic hydroxyl groups excluding tert-OH is 2. The molecule has 0 aromatic heterocycles. The summed E-state index contributed by atoms with van der Waals surface area (Å²) in [5.74, 6) is -1.27. The molecule has 2 unspecified atom stereocenters. The molecular weight excluding hydrogens is 500 g/mol. The Kier molecular flexibility index (Phi) is 6.86. The van der Waals surface area contributed by atoms with E-state index in [-0.39, 0.29) is 17.1 Å². The molecule has 0 aliphatic heterocycles. The topological polar surface area (TPSA) is 87.4 Å². The van der Waals surface area contributed by atoms with Gasteiger partial charge in [-0.15, -0.1) is 0 Å². The van der Waals surface area contributed by atoms with Crippen molar-refractivity contribution in [2.45, 2.75) is 24.2 Å². The number of benzene rings is 5. The summed E-state index contributed by atoms with van der Waals surface area (Å²) >= 11 is 0. The van der Waals surface area contributed by atoms with Crippen LogP contribution in [-0.2, 0) is 0 Å². The quantitative estimate of drug-likeness (QED) is 0.190. The van der Waals surface area contributed by atoms with Gasteiger partial charge in [0, 0.05) is 46.4 Å². The van der Waals surface area contributed by atoms with Crippen molar-refractivity contribution < 1.29 is 20.4 Å². The maximum atomic E-state index is 11.4. The van der Waals surface area contributed by atoms with Crippen LogP contribution in [0, 0.1) is 0 Å². The van der Waals surface area contributed by atoms with Gasteiger partial charge in [-0.3, -0.25) is 0 Å². The maximum absolute atomic E-state index is 11.4. The molecule has 4 N–H and O–H groups in total. The van der Waals surface area contributed by atoms with Crippen LogP contribution in [-0.4, -0.2) is 38.7 Å². The molecule has 1 aliphatic rings. The molecular formula is C34H30N2O4. The molecule has 200 valence electrons. The molecule has 6 rings (SSSR count). The average molecular weight is 531 g/mol. The smallest absolute Gasteiger partial charge is 0.125 e. The SMILES string of the molecule is Oc1cc(N(c2ccccc2)c2ccccc2)cc(O)c1C1C(O)C(N(c2ccccc2)c2ccccc2)C1O.